The molecule has 142 valence electrons. The molecular weight excluding hydrogens is 368 g/mol. The normalized spacial score (nSPS) is 10.7. The van der Waals surface area contributed by atoms with E-state index in [1.807, 2.05) is 36.4 Å². The molecule has 0 unspecified atom stereocenters. The van der Waals surface area contributed by atoms with Crippen molar-refractivity contribution < 1.29 is 19.4 Å². The first-order valence-electron chi connectivity index (χ1n) is 8.64. The molecular formula is C23H16N2O4. The van der Waals surface area contributed by atoms with Gasteiger partial charge in [0.05, 0.1) is 5.56 Å². The van der Waals surface area contributed by atoms with Crippen molar-refractivity contribution in [3.8, 4) is 17.6 Å². The number of anilines is 1. The van der Waals surface area contributed by atoms with Gasteiger partial charge in [-0.05, 0) is 60.2 Å². The molecule has 0 atom stereocenters. The number of carbonyl (C=O) groups excluding carboxylic acids is 1. The van der Waals surface area contributed by atoms with Gasteiger partial charge >= 0.3 is 5.97 Å². The average Bonchev–Trinajstić information content (AvgIpc) is 2.73. The number of carboxylic acid groups (broad SMARTS) is 1. The third kappa shape index (κ3) is 5.31. The van der Waals surface area contributed by atoms with Crippen LogP contribution in [0.15, 0.2) is 84.4 Å². The van der Waals surface area contributed by atoms with Gasteiger partial charge in [0.1, 0.15) is 23.1 Å². The van der Waals surface area contributed by atoms with Gasteiger partial charge in [-0.3, -0.25) is 4.79 Å². The van der Waals surface area contributed by atoms with Crippen LogP contribution in [0.25, 0.3) is 6.08 Å². The molecule has 0 fully saturated rings. The van der Waals surface area contributed by atoms with Crippen LogP contribution in [-0.4, -0.2) is 17.0 Å². The highest BCUT2D eigenvalue weighted by Crippen LogP contribution is 2.23. The van der Waals surface area contributed by atoms with E-state index in [4.69, 9.17) is 9.84 Å². The molecule has 0 aliphatic rings. The Hall–Kier alpha value is -4.37. The monoisotopic (exact) mass is 384 g/mol. The Morgan fingerprint density at radius 1 is 0.931 bits per heavy atom. The quantitative estimate of drug-likeness (QED) is 0.473. The topological polar surface area (TPSA) is 99.4 Å². The molecule has 6 nitrogen and oxygen atoms in total. The Bertz CT molecular complexity index is 1100. The number of amides is 1. The predicted molar refractivity (Wildman–Crippen MR) is 109 cm³/mol. The van der Waals surface area contributed by atoms with Gasteiger partial charge in [0, 0.05) is 5.69 Å². The van der Waals surface area contributed by atoms with Crippen LogP contribution < -0.4 is 10.1 Å². The Labute approximate surface area is 167 Å². The number of hydrogen-bond acceptors (Lipinski definition) is 4. The van der Waals surface area contributed by atoms with Crippen LogP contribution in [0.5, 0.6) is 11.5 Å². The van der Waals surface area contributed by atoms with Gasteiger partial charge < -0.3 is 15.2 Å². The summed E-state index contributed by atoms with van der Waals surface area (Å²) in [6.07, 6.45) is 1.46. The van der Waals surface area contributed by atoms with Crippen molar-refractivity contribution in [2.24, 2.45) is 0 Å². The maximum Gasteiger partial charge on any atom is 0.335 e. The molecule has 3 rings (SSSR count). The van der Waals surface area contributed by atoms with Crippen molar-refractivity contribution >= 4 is 23.6 Å². The average molecular weight is 384 g/mol. The van der Waals surface area contributed by atoms with E-state index in [0.29, 0.717) is 22.7 Å². The molecule has 6 heteroatoms. The Morgan fingerprint density at radius 2 is 1.62 bits per heavy atom. The van der Waals surface area contributed by atoms with E-state index in [0.717, 1.165) is 0 Å². The highest BCUT2D eigenvalue weighted by atomic mass is 16.5. The maximum atomic E-state index is 12.4. The summed E-state index contributed by atoms with van der Waals surface area (Å²) in [6.45, 7) is 0. The Morgan fingerprint density at radius 3 is 2.28 bits per heavy atom. The van der Waals surface area contributed by atoms with E-state index in [-0.39, 0.29) is 11.1 Å². The minimum absolute atomic E-state index is 0.0934. The van der Waals surface area contributed by atoms with Crippen LogP contribution in [0.3, 0.4) is 0 Å². The summed E-state index contributed by atoms with van der Waals surface area (Å²) in [4.78, 5) is 23.3. The van der Waals surface area contributed by atoms with Crippen LogP contribution in [-0.2, 0) is 4.79 Å². The summed E-state index contributed by atoms with van der Waals surface area (Å²) >= 11 is 0. The fourth-order valence-corrected chi connectivity index (χ4v) is 2.50. The molecule has 3 aromatic rings. The lowest BCUT2D eigenvalue weighted by Gasteiger charge is -2.07. The zero-order chi connectivity index (χ0) is 20.6. The molecule has 1 amide bonds. The number of nitriles is 1. The van der Waals surface area contributed by atoms with Crippen LogP contribution in [0.1, 0.15) is 15.9 Å². The maximum absolute atomic E-state index is 12.4. The lowest BCUT2D eigenvalue weighted by molar-refractivity contribution is -0.112. The van der Waals surface area contributed by atoms with Gasteiger partial charge in [-0.1, -0.05) is 30.3 Å². The molecule has 0 aromatic heterocycles. The molecule has 0 aliphatic carbocycles. The molecule has 0 saturated carbocycles. The second-order valence-electron chi connectivity index (χ2n) is 5.99. The summed E-state index contributed by atoms with van der Waals surface area (Å²) in [7, 11) is 0. The van der Waals surface area contributed by atoms with E-state index < -0.39 is 11.9 Å². The number of carbonyl (C=O) groups is 2. The highest BCUT2D eigenvalue weighted by molar-refractivity contribution is 6.09. The largest absolute Gasteiger partial charge is 0.478 e. The van der Waals surface area contributed by atoms with Gasteiger partial charge in [0.15, 0.2) is 0 Å². The second kappa shape index (κ2) is 9.02. The number of hydrogen-bond donors (Lipinski definition) is 2. The summed E-state index contributed by atoms with van der Waals surface area (Å²) < 4.78 is 5.76. The summed E-state index contributed by atoms with van der Waals surface area (Å²) in [5.74, 6) is -0.397. The molecule has 0 saturated heterocycles. The first-order valence-corrected chi connectivity index (χ1v) is 8.64. The van der Waals surface area contributed by atoms with Gasteiger partial charge in [-0.25, -0.2) is 4.79 Å². The van der Waals surface area contributed by atoms with Crippen molar-refractivity contribution in [1.82, 2.24) is 0 Å². The molecule has 2 N–H and O–H groups in total. The first kappa shape index (κ1) is 19.4. The van der Waals surface area contributed by atoms with Crippen molar-refractivity contribution in [3.05, 3.63) is 95.6 Å². The van der Waals surface area contributed by atoms with E-state index in [1.54, 1.807) is 24.3 Å². The lowest BCUT2D eigenvalue weighted by atomic mass is 10.1. The lowest BCUT2D eigenvalue weighted by Crippen LogP contribution is -2.13. The van der Waals surface area contributed by atoms with E-state index >= 15 is 0 Å². The molecule has 29 heavy (non-hydrogen) atoms. The first-order chi connectivity index (χ1) is 14.0. The summed E-state index contributed by atoms with van der Waals surface area (Å²) in [6, 6.07) is 23.8. The van der Waals surface area contributed by atoms with Crippen LogP contribution in [0, 0.1) is 11.3 Å². The molecule has 0 heterocycles. The van der Waals surface area contributed by atoms with Gasteiger partial charge in [0.25, 0.3) is 5.91 Å². The third-order valence-electron chi connectivity index (χ3n) is 3.90. The molecule has 0 aliphatic heterocycles. The van der Waals surface area contributed by atoms with Crippen molar-refractivity contribution in [2.45, 2.75) is 0 Å². The number of rotatable bonds is 6. The molecule has 0 radical (unpaired) electrons. The Kier molecular flexibility index (Phi) is 6.03. The molecule has 0 bridgehead atoms. The van der Waals surface area contributed by atoms with Crippen LogP contribution >= 0.6 is 0 Å². The van der Waals surface area contributed by atoms with Gasteiger partial charge in [-0.2, -0.15) is 5.26 Å². The summed E-state index contributed by atoms with van der Waals surface area (Å²) in [5, 5.41) is 20.9. The smallest absolute Gasteiger partial charge is 0.335 e. The number of aromatic carboxylic acids is 1. The third-order valence-corrected chi connectivity index (χ3v) is 3.90. The fraction of sp³-hybridized carbons (Fsp3) is 0. The Balaban J connectivity index is 1.75. The van der Waals surface area contributed by atoms with Gasteiger partial charge in [-0.15, -0.1) is 0 Å². The number of benzene rings is 3. The number of ether oxygens (including phenoxy) is 1. The van der Waals surface area contributed by atoms with E-state index in [2.05, 4.69) is 5.32 Å². The van der Waals surface area contributed by atoms with Gasteiger partial charge in [0.2, 0.25) is 0 Å². The zero-order valence-corrected chi connectivity index (χ0v) is 15.2. The van der Waals surface area contributed by atoms with Crippen molar-refractivity contribution in [1.29, 1.82) is 5.26 Å². The minimum atomic E-state index is -1.06. The predicted octanol–water partition coefficient (Wildman–Crippen LogP) is 4.72. The summed E-state index contributed by atoms with van der Waals surface area (Å²) in [5.41, 5.74) is 1.03. The molecule has 3 aromatic carbocycles. The van der Waals surface area contributed by atoms with Crippen LogP contribution in [0.4, 0.5) is 5.69 Å². The van der Waals surface area contributed by atoms with E-state index in [9.17, 15) is 14.9 Å². The number of carboxylic acids is 1. The fourth-order valence-electron chi connectivity index (χ4n) is 2.50. The SMILES string of the molecule is N#C/C(=C\c1cccc(Oc2ccccc2)c1)C(=O)Nc1ccc(C(=O)O)cc1. The van der Waals surface area contributed by atoms with Crippen molar-refractivity contribution in [3.63, 3.8) is 0 Å². The zero-order valence-electron chi connectivity index (χ0n) is 15.2. The number of nitrogens with zero attached hydrogens (tertiary/aromatic N) is 1. The number of para-hydroxylation sites is 1. The van der Waals surface area contributed by atoms with Crippen LogP contribution in [0.2, 0.25) is 0 Å². The minimum Gasteiger partial charge on any atom is -0.478 e. The second-order valence-corrected chi connectivity index (χ2v) is 5.99. The number of nitrogens with one attached hydrogen (secondary N) is 1. The highest BCUT2D eigenvalue weighted by Gasteiger charge is 2.11. The standard InChI is InChI=1S/C23H16N2O4/c24-15-18(22(26)25-19-11-9-17(10-12-19)23(27)28)13-16-5-4-8-21(14-16)29-20-6-2-1-3-7-20/h1-14H,(H,25,26)(H,27,28)/b18-13+. The van der Waals surface area contributed by atoms with E-state index in [1.165, 1.54) is 30.3 Å². The van der Waals surface area contributed by atoms with Crippen molar-refractivity contribution in [2.75, 3.05) is 5.32 Å². The molecule has 0 spiro atoms.